The van der Waals surface area contributed by atoms with E-state index in [1.165, 1.54) is 22.9 Å². The Morgan fingerprint density at radius 1 is 1.03 bits per heavy atom. The lowest BCUT2D eigenvalue weighted by molar-refractivity contribution is -0.136. The predicted molar refractivity (Wildman–Crippen MR) is 133 cm³/mol. The molecule has 0 saturated heterocycles. The van der Waals surface area contributed by atoms with Crippen molar-refractivity contribution in [3.8, 4) is 5.75 Å². The van der Waals surface area contributed by atoms with Crippen LogP contribution in [0.4, 0.5) is 15.8 Å². The van der Waals surface area contributed by atoms with E-state index in [0.29, 0.717) is 24.4 Å². The number of carbonyl (C=O) groups is 1. The third-order valence-electron chi connectivity index (χ3n) is 6.21. The summed E-state index contributed by atoms with van der Waals surface area (Å²) in [6, 6.07) is 21.2. The van der Waals surface area contributed by atoms with Gasteiger partial charge < -0.3 is 20.1 Å². The molecule has 0 aliphatic carbocycles. The number of halogens is 1. The van der Waals surface area contributed by atoms with Crippen molar-refractivity contribution < 1.29 is 19.0 Å². The maximum Gasteiger partial charge on any atom is 0.303 e. The van der Waals surface area contributed by atoms with Gasteiger partial charge in [-0.25, -0.2) is 4.39 Å². The number of ether oxygens (including phenoxy) is 1. The molecule has 0 aromatic heterocycles. The van der Waals surface area contributed by atoms with Crippen LogP contribution in [-0.2, 0) is 24.2 Å². The number of para-hydroxylation sites is 1. The molecule has 1 heterocycles. The van der Waals surface area contributed by atoms with Crippen molar-refractivity contribution in [2.45, 2.75) is 38.6 Å². The summed E-state index contributed by atoms with van der Waals surface area (Å²) >= 11 is 0. The van der Waals surface area contributed by atoms with Gasteiger partial charge in [0.25, 0.3) is 0 Å². The van der Waals surface area contributed by atoms with Crippen LogP contribution in [-0.4, -0.2) is 30.8 Å². The van der Waals surface area contributed by atoms with E-state index in [9.17, 15) is 9.18 Å². The number of carboxylic acids is 1. The van der Waals surface area contributed by atoms with Crippen molar-refractivity contribution in [2.24, 2.45) is 0 Å². The van der Waals surface area contributed by atoms with Crippen LogP contribution in [0, 0.1) is 5.82 Å². The number of fused-ring (bicyclic) bond motifs is 1. The summed E-state index contributed by atoms with van der Waals surface area (Å²) in [5.74, 6) is -0.411. The quantitative estimate of drug-likeness (QED) is 0.406. The Kier molecular flexibility index (Phi) is 8.02. The second-order valence-electron chi connectivity index (χ2n) is 8.57. The van der Waals surface area contributed by atoms with Crippen molar-refractivity contribution in [1.82, 2.24) is 0 Å². The third-order valence-corrected chi connectivity index (χ3v) is 6.21. The first-order chi connectivity index (χ1) is 16.6. The molecule has 178 valence electrons. The van der Waals surface area contributed by atoms with Gasteiger partial charge >= 0.3 is 5.97 Å². The van der Waals surface area contributed by atoms with Crippen LogP contribution < -0.4 is 15.0 Å². The van der Waals surface area contributed by atoms with Crippen molar-refractivity contribution in [1.29, 1.82) is 0 Å². The minimum atomic E-state index is -0.924. The molecule has 0 saturated carbocycles. The summed E-state index contributed by atoms with van der Waals surface area (Å²) in [5.41, 5.74) is 4.92. The molecule has 1 aliphatic heterocycles. The average molecular weight is 463 g/mol. The summed E-state index contributed by atoms with van der Waals surface area (Å²) < 4.78 is 20.3. The monoisotopic (exact) mass is 462 g/mol. The first kappa shape index (κ1) is 23.6. The fourth-order valence-electron chi connectivity index (χ4n) is 4.42. The molecule has 1 aliphatic rings. The Labute approximate surface area is 200 Å². The highest BCUT2D eigenvalue weighted by Gasteiger charge is 2.18. The van der Waals surface area contributed by atoms with E-state index < -0.39 is 5.97 Å². The van der Waals surface area contributed by atoms with Crippen molar-refractivity contribution in [2.75, 3.05) is 29.9 Å². The molecule has 3 aromatic carbocycles. The van der Waals surface area contributed by atoms with E-state index >= 15 is 0 Å². The summed E-state index contributed by atoms with van der Waals surface area (Å²) in [4.78, 5) is 13.2. The van der Waals surface area contributed by atoms with Gasteiger partial charge in [-0.15, -0.1) is 0 Å². The van der Waals surface area contributed by atoms with Crippen molar-refractivity contribution >= 4 is 17.3 Å². The zero-order valence-electron chi connectivity index (χ0n) is 19.3. The SMILES string of the molecule is O=C(O)CCc1ccc(NCc2cccc3c2CCCCN3CCOc2ccccc2)cc1F. The second-order valence-corrected chi connectivity index (χ2v) is 8.57. The molecular weight excluding hydrogens is 431 g/mol. The van der Waals surface area contributed by atoms with Gasteiger partial charge in [0.05, 0.1) is 6.54 Å². The Morgan fingerprint density at radius 3 is 2.68 bits per heavy atom. The molecule has 5 nitrogen and oxygen atoms in total. The highest BCUT2D eigenvalue weighted by molar-refractivity contribution is 5.67. The second kappa shape index (κ2) is 11.5. The zero-order valence-corrected chi connectivity index (χ0v) is 19.3. The molecule has 0 unspecified atom stereocenters. The number of rotatable bonds is 10. The van der Waals surface area contributed by atoms with Gasteiger partial charge in [0.1, 0.15) is 18.2 Å². The lowest BCUT2D eigenvalue weighted by atomic mass is 10.0. The largest absolute Gasteiger partial charge is 0.492 e. The summed E-state index contributed by atoms with van der Waals surface area (Å²) in [6.07, 6.45) is 3.40. The number of hydrogen-bond donors (Lipinski definition) is 2. The lowest BCUT2D eigenvalue weighted by Gasteiger charge is -2.26. The Balaban J connectivity index is 1.41. The smallest absolute Gasteiger partial charge is 0.303 e. The van der Waals surface area contributed by atoms with E-state index in [2.05, 4.69) is 28.4 Å². The fraction of sp³-hybridized carbons (Fsp3) is 0.321. The zero-order chi connectivity index (χ0) is 23.8. The topological polar surface area (TPSA) is 61.8 Å². The van der Waals surface area contributed by atoms with Gasteiger partial charge in [0.15, 0.2) is 0 Å². The normalized spacial score (nSPS) is 13.1. The van der Waals surface area contributed by atoms with E-state index in [1.54, 1.807) is 6.07 Å². The van der Waals surface area contributed by atoms with E-state index in [1.807, 2.05) is 36.4 Å². The standard InChI is InChI=1S/C28H31FN2O3/c29-26-19-23(14-12-21(26)13-15-28(32)33)30-20-22-7-6-11-27-25(22)10-4-5-16-31(27)17-18-34-24-8-2-1-3-9-24/h1-3,6-9,11-12,14,19,30H,4-5,10,13,15-18,20H2,(H,32,33). The van der Waals surface area contributed by atoms with Crippen LogP contribution in [0.1, 0.15) is 36.0 Å². The molecule has 3 aromatic rings. The first-order valence-corrected chi connectivity index (χ1v) is 11.9. The van der Waals surface area contributed by atoms with Crippen LogP contribution in [0.25, 0.3) is 0 Å². The van der Waals surface area contributed by atoms with Crippen LogP contribution in [0.2, 0.25) is 0 Å². The molecule has 0 spiro atoms. The van der Waals surface area contributed by atoms with Crippen LogP contribution in [0.3, 0.4) is 0 Å². The van der Waals surface area contributed by atoms with Crippen LogP contribution >= 0.6 is 0 Å². The van der Waals surface area contributed by atoms with Gasteiger partial charge in [-0.3, -0.25) is 4.79 Å². The minimum Gasteiger partial charge on any atom is -0.492 e. The fourth-order valence-corrected chi connectivity index (χ4v) is 4.42. The highest BCUT2D eigenvalue weighted by atomic mass is 19.1. The van der Waals surface area contributed by atoms with Crippen molar-refractivity contribution in [3.05, 3.63) is 89.2 Å². The molecule has 0 fully saturated rings. The number of carboxylic acid groups (broad SMARTS) is 1. The third kappa shape index (κ3) is 6.28. The van der Waals surface area contributed by atoms with Crippen molar-refractivity contribution in [3.63, 3.8) is 0 Å². The Hall–Kier alpha value is -3.54. The van der Waals surface area contributed by atoms with E-state index in [4.69, 9.17) is 9.84 Å². The molecule has 4 rings (SSSR count). The number of nitrogens with one attached hydrogen (secondary N) is 1. The van der Waals surface area contributed by atoms with E-state index in [-0.39, 0.29) is 18.7 Å². The summed E-state index contributed by atoms with van der Waals surface area (Å²) in [5, 5.41) is 12.2. The van der Waals surface area contributed by atoms with E-state index in [0.717, 1.165) is 38.1 Å². The maximum absolute atomic E-state index is 14.4. The maximum atomic E-state index is 14.4. The molecule has 0 radical (unpaired) electrons. The molecule has 6 heteroatoms. The molecular formula is C28H31FN2O3. The number of benzene rings is 3. The summed E-state index contributed by atoms with van der Waals surface area (Å²) in [7, 11) is 0. The first-order valence-electron chi connectivity index (χ1n) is 11.9. The predicted octanol–water partition coefficient (Wildman–Crippen LogP) is 5.68. The molecule has 34 heavy (non-hydrogen) atoms. The Morgan fingerprint density at radius 2 is 1.88 bits per heavy atom. The van der Waals surface area contributed by atoms with Crippen LogP contribution in [0.15, 0.2) is 66.7 Å². The van der Waals surface area contributed by atoms with Gasteiger partial charge in [-0.1, -0.05) is 36.4 Å². The number of anilines is 2. The minimum absolute atomic E-state index is 0.0767. The number of nitrogens with zero attached hydrogens (tertiary/aromatic N) is 1. The van der Waals surface area contributed by atoms with Gasteiger partial charge in [-0.05, 0) is 72.7 Å². The lowest BCUT2D eigenvalue weighted by Crippen LogP contribution is -2.29. The molecule has 0 amide bonds. The molecule has 0 atom stereocenters. The average Bonchev–Trinajstić information content (AvgIpc) is 3.05. The molecule has 2 N–H and O–H groups in total. The van der Waals surface area contributed by atoms with Gasteiger partial charge in [0, 0.05) is 30.9 Å². The van der Waals surface area contributed by atoms with Gasteiger partial charge in [0.2, 0.25) is 0 Å². The Bertz CT molecular complexity index is 1100. The number of hydrogen-bond acceptors (Lipinski definition) is 4. The summed E-state index contributed by atoms with van der Waals surface area (Å²) in [6.45, 7) is 3.05. The van der Waals surface area contributed by atoms with Gasteiger partial charge in [-0.2, -0.15) is 0 Å². The highest BCUT2D eigenvalue weighted by Crippen LogP contribution is 2.30. The van der Waals surface area contributed by atoms with Crippen LogP contribution in [0.5, 0.6) is 5.75 Å². The number of aryl methyl sites for hydroxylation is 1. The molecule has 0 bridgehead atoms. The number of aliphatic carboxylic acids is 1.